The summed E-state index contributed by atoms with van der Waals surface area (Å²) in [5.74, 6) is -6.39. The second kappa shape index (κ2) is 17.3. The number of phenolic OH excluding ortho intramolecular Hbond substituents is 6. The van der Waals surface area contributed by atoms with Crippen molar-refractivity contribution < 1.29 is 59.7 Å². The molecule has 14 nitrogen and oxygen atoms in total. The van der Waals surface area contributed by atoms with Gasteiger partial charge in [-0.3, -0.25) is 9.59 Å². The van der Waals surface area contributed by atoms with Crippen LogP contribution >= 0.6 is 0 Å². The van der Waals surface area contributed by atoms with Crippen LogP contribution in [-0.2, 0) is 24.2 Å². The molecule has 2 heterocycles. The van der Waals surface area contributed by atoms with Gasteiger partial charge in [0.1, 0.15) is 0 Å². The number of carboxylic acids is 1. The molecule has 2 aliphatic heterocycles. The highest BCUT2D eigenvalue weighted by molar-refractivity contribution is 6.10. The maximum Gasteiger partial charge on any atom is 0.338 e. The fraction of sp³-hybridized carbons (Fsp3) is 0.167. The van der Waals surface area contributed by atoms with Gasteiger partial charge in [0, 0.05) is 34.0 Å². The monoisotopic (exact) mass is 838 g/mol. The lowest BCUT2D eigenvalue weighted by molar-refractivity contribution is 0.0483. The Labute approximate surface area is 355 Å². The highest BCUT2D eigenvalue weighted by Crippen LogP contribution is 2.42. The molecule has 2 atom stereocenters. The zero-order chi connectivity index (χ0) is 44.4. The number of hydrogen-bond acceptors (Lipinski definition) is 11. The van der Waals surface area contributed by atoms with Crippen LogP contribution in [0.5, 0.6) is 34.5 Å². The van der Waals surface area contributed by atoms with E-state index in [2.05, 4.69) is 0 Å². The van der Waals surface area contributed by atoms with Crippen molar-refractivity contribution in [3.05, 3.63) is 165 Å². The second-order valence-corrected chi connectivity index (χ2v) is 15.2. The van der Waals surface area contributed by atoms with Gasteiger partial charge in [-0.1, -0.05) is 74.5 Å². The molecule has 0 fully saturated rings. The summed E-state index contributed by atoms with van der Waals surface area (Å²) < 4.78 is 5.28. The third-order valence-electron chi connectivity index (χ3n) is 11.1. The third-order valence-corrected chi connectivity index (χ3v) is 11.1. The van der Waals surface area contributed by atoms with Gasteiger partial charge in [0.15, 0.2) is 28.7 Å². The van der Waals surface area contributed by atoms with E-state index in [4.69, 9.17) is 4.74 Å². The molecule has 0 bridgehead atoms. The van der Waals surface area contributed by atoms with Crippen LogP contribution in [0.15, 0.2) is 115 Å². The van der Waals surface area contributed by atoms with Crippen molar-refractivity contribution in [1.82, 2.24) is 0 Å². The quantitative estimate of drug-likeness (QED) is 0.0516. The number of carboxylic acid groups (broad SMARTS) is 1. The van der Waals surface area contributed by atoms with Crippen LogP contribution in [0.4, 0.5) is 11.4 Å². The lowest BCUT2D eigenvalue weighted by Crippen LogP contribution is -2.22. The number of ether oxygens (including phenoxy) is 1. The van der Waals surface area contributed by atoms with E-state index in [9.17, 15) is 54.9 Å². The first kappa shape index (κ1) is 42.1. The highest BCUT2D eigenvalue weighted by Gasteiger charge is 2.30. The molecule has 6 aromatic carbocycles. The van der Waals surface area contributed by atoms with E-state index in [1.54, 1.807) is 9.80 Å². The third kappa shape index (κ3) is 8.39. The summed E-state index contributed by atoms with van der Waals surface area (Å²) in [7, 11) is 0. The van der Waals surface area contributed by atoms with Crippen LogP contribution in [0, 0.1) is 0 Å². The van der Waals surface area contributed by atoms with Crippen LogP contribution in [0.1, 0.15) is 94.9 Å². The Hall–Kier alpha value is -8.00. The Kier molecular flexibility index (Phi) is 11.8. The number of fused-ring (bicyclic) bond motifs is 2. The number of carbonyl (C=O) groups excluding carboxylic acids is 3. The number of nitrogens with zero attached hydrogens (tertiary/aromatic N) is 2. The topological polar surface area (TPSA) is 226 Å². The van der Waals surface area contributed by atoms with Crippen molar-refractivity contribution in [2.45, 2.75) is 45.2 Å². The molecule has 14 heteroatoms. The minimum atomic E-state index is -1.31. The lowest BCUT2D eigenvalue weighted by Gasteiger charge is -2.19. The van der Waals surface area contributed by atoms with Crippen LogP contribution in [0.2, 0.25) is 0 Å². The zero-order valence-corrected chi connectivity index (χ0v) is 33.5. The summed E-state index contributed by atoms with van der Waals surface area (Å²) in [5, 5.41) is 67.5. The smallest absolute Gasteiger partial charge is 0.338 e. The predicted molar refractivity (Wildman–Crippen MR) is 227 cm³/mol. The summed E-state index contributed by atoms with van der Waals surface area (Å²) >= 11 is 0. The van der Waals surface area contributed by atoms with Crippen molar-refractivity contribution in [3.8, 4) is 34.5 Å². The van der Waals surface area contributed by atoms with Gasteiger partial charge >= 0.3 is 11.9 Å². The van der Waals surface area contributed by atoms with Crippen LogP contribution in [-0.4, -0.2) is 66.1 Å². The Morgan fingerprint density at radius 2 is 1.05 bits per heavy atom. The SMILES string of the molecule is CC(COC(=O)c1cc(O)c(O)c(O)c1)c1ccc(N2Cc3ccccc3C2=O)cc1.CC(Cc1c(C(=O)O)cc(O)c(O)c1O)c1ccc(N2Cc3ccccc3C2=O)cc1. The fourth-order valence-electron chi connectivity index (χ4n) is 7.50. The average molecular weight is 839 g/mol. The Morgan fingerprint density at radius 1 is 0.597 bits per heavy atom. The predicted octanol–water partition coefficient (Wildman–Crippen LogP) is 7.93. The first-order valence-corrected chi connectivity index (χ1v) is 19.5. The van der Waals surface area contributed by atoms with Gasteiger partial charge in [-0.05, 0) is 89.2 Å². The van der Waals surface area contributed by atoms with Crippen molar-refractivity contribution in [1.29, 1.82) is 0 Å². The molecule has 0 aromatic heterocycles. The van der Waals surface area contributed by atoms with E-state index in [0.717, 1.165) is 57.4 Å². The van der Waals surface area contributed by atoms with Gasteiger partial charge in [-0.15, -0.1) is 0 Å². The first-order chi connectivity index (χ1) is 29.6. The molecule has 7 N–H and O–H groups in total. The van der Waals surface area contributed by atoms with E-state index < -0.39 is 46.4 Å². The molecular formula is C48H42N2O12. The van der Waals surface area contributed by atoms with Crippen LogP contribution in [0.25, 0.3) is 0 Å². The number of anilines is 2. The summed E-state index contributed by atoms with van der Waals surface area (Å²) in [6, 6.07) is 32.9. The summed E-state index contributed by atoms with van der Waals surface area (Å²) in [6.07, 6.45) is 0.134. The summed E-state index contributed by atoms with van der Waals surface area (Å²) in [5.41, 5.74) is 6.47. The molecular weight excluding hydrogens is 797 g/mol. The van der Waals surface area contributed by atoms with E-state index >= 15 is 0 Å². The lowest BCUT2D eigenvalue weighted by atomic mass is 9.90. The normalized spacial score (nSPS) is 13.8. The number of esters is 1. The number of benzene rings is 6. The number of amides is 2. The Balaban J connectivity index is 0.000000186. The van der Waals surface area contributed by atoms with Crippen molar-refractivity contribution >= 4 is 35.1 Å². The molecule has 0 radical (unpaired) electrons. The Bertz CT molecular complexity index is 2690. The first-order valence-electron chi connectivity index (χ1n) is 19.5. The summed E-state index contributed by atoms with van der Waals surface area (Å²) in [4.78, 5) is 52.4. The molecule has 2 aliphatic rings. The van der Waals surface area contributed by atoms with Gasteiger partial charge in [-0.2, -0.15) is 0 Å². The second-order valence-electron chi connectivity index (χ2n) is 15.2. The van der Waals surface area contributed by atoms with Gasteiger partial charge < -0.3 is 50.3 Å². The van der Waals surface area contributed by atoms with Crippen LogP contribution < -0.4 is 9.80 Å². The van der Waals surface area contributed by atoms with Gasteiger partial charge in [0.2, 0.25) is 5.75 Å². The average Bonchev–Trinajstić information content (AvgIpc) is 3.80. The minimum Gasteiger partial charge on any atom is -0.504 e. The standard InChI is InChI=1S/2C24H21NO6/c1-14(13-31-24(30)17-10-20(26)22(28)21(27)11-17)15-6-8-18(9-7-15)25-12-16-4-2-3-5-19(16)23(25)29;1-13(10-18-19(24(30)31)11-20(26)22(28)21(18)27)14-6-8-16(9-7-14)25-12-15-4-2-3-5-17(15)23(25)29/h2-11,14,26-28H,12-13H2,1H3;2-9,11,13,26-28H,10,12H2,1H3,(H,30,31). The van der Waals surface area contributed by atoms with Crippen molar-refractivity contribution in [2.24, 2.45) is 0 Å². The highest BCUT2D eigenvalue weighted by atomic mass is 16.5. The molecule has 0 saturated carbocycles. The largest absolute Gasteiger partial charge is 0.504 e. The minimum absolute atomic E-state index is 0.0225. The number of phenols is 6. The maximum absolute atomic E-state index is 12.7. The molecule has 0 aliphatic carbocycles. The molecule has 0 spiro atoms. The van der Waals surface area contributed by atoms with Crippen molar-refractivity contribution in [3.63, 3.8) is 0 Å². The zero-order valence-electron chi connectivity index (χ0n) is 33.5. The fourth-order valence-corrected chi connectivity index (χ4v) is 7.50. The van der Waals surface area contributed by atoms with Crippen molar-refractivity contribution in [2.75, 3.05) is 16.4 Å². The Morgan fingerprint density at radius 3 is 1.52 bits per heavy atom. The molecule has 0 saturated heterocycles. The molecule has 2 unspecified atom stereocenters. The van der Waals surface area contributed by atoms with E-state index in [0.29, 0.717) is 18.7 Å². The molecule has 316 valence electrons. The van der Waals surface area contributed by atoms with Gasteiger partial charge in [0.25, 0.3) is 11.8 Å². The molecule has 8 rings (SSSR count). The van der Waals surface area contributed by atoms with Gasteiger partial charge in [0.05, 0.1) is 30.8 Å². The molecule has 2 amide bonds. The maximum atomic E-state index is 12.7. The van der Waals surface area contributed by atoms with Gasteiger partial charge in [-0.25, -0.2) is 9.59 Å². The molecule has 6 aromatic rings. The van der Waals surface area contributed by atoms with Crippen LogP contribution in [0.3, 0.4) is 0 Å². The van der Waals surface area contributed by atoms with E-state index in [1.807, 2.05) is 111 Å². The number of aromatic carboxylic acids is 1. The number of aromatic hydroxyl groups is 6. The number of hydrogen-bond donors (Lipinski definition) is 7. The van der Waals surface area contributed by atoms with E-state index in [-0.39, 0.29) is 53.4 Å². The summed E-state index contributed by atoms with van der Waals surface area (Å²) in [6.45, 7) is 4.88. The number of carbonyl (C=O) groups is 4. The number of rotatable bonds is 10. The molecule has 62 heavy (non-hydrogen) atoms. The van der Waals surface area contributed by atoms with E-state index in [1.165, 1.54) is 0 Å².